The molecule has 0 atom stereocenters. The van der Waals surface area contributed by atoms with E-state index >= 15 is 0 Å². The van der Waals surface area contributed by atoms with E-state index in [1.165, 1.54) is 7.11 Å². The van der Waals surface area contributed by atoms with Crippen LogP contribution in [0.3, 0.4) is 0 Å². The van der Waals surface area contributed by atoms with Crippen molar-refractivity contribution in [3.8, 4) is 0 Å². The van der Waals surface area contributed by atoms with E-state index in [2.05, 4.69) is 4.74 Å². The Kier molecular flexibility index (Phi) is 4.37. The van der Waals surface area contributed by atoms with Gasteiger partial charge in [0.1, 0.15) is 0 Å². The Bertz CT molecular complexity index is 357. The van der Waals surface area contributed by atoms with Gasteiger partial charge in [-0.25, -0.2) is 4.79 Å². The number of Topliss-reactive ketones (excluding diaryl/α,β-unsaturated/α-hetero) is 1. The van der Waals surface area contributed by atoms with Gasteiger partial charge in [-0.1, -0.05) is 29.8 Å². The summed E-state index contributed by atoms with van der Waals surface area (Å²) in [5, 5.41) is -0.435. The minimum Gasteiger partial charge on any atom is -0.461 e. The van der Waals surface area contributed by atoms with Crippen LogP contribution in [0.2, 0.25) is 0 Å². The van der Waals surface area contributed by atoms with E-state index in [1.807, 2.05) is 19.1 Å². The number of carbonyl (C=O) groups is 2. The summed E-state index contributed by atoms with van der Waals surface area (Å²) in [5.41, 5.74) is 1.73. The molecular formula is C11H12O3S. The van der Waals surface area contributed by atoms with Crippen LogP contribution in [0.15, 0.2) is 24.3 Å². The zero-order chi connectivity index (χ0) is 11.3. The summed E-state index contributed by atoms with van der Waals surface area (Å²) in [6, 6.07) is 7.26. The van der Waals surface area contributed by atoms with Crippen molar-refractivity contribution in [1.82, 2.24) is 0 Å². The zero-order valence-electron chi connectivity index (χ0n) is 8.65. The molecule has 1 aromatic rings. The molecule has 0 N–H and O–H groups in total. The standard InChI is InChI=1S/C11H12O3S/c1-8-3-5-9(6-4-8)10(12)7-15-11(13)14-2/h3-6H,7H2,1-2H3. The molecule has 0 aromatic heterocycles. The summed E-state index contributed by atoms with van der Waals surface area (Å²) in [7, 11) is 1.30. The van der Waals surface area contributed by atoms with Gasteiger partial charge >= 0.3 is 5.30 Å². The predicted molar refractivity (Wildman–Crippen MR) is 60.4 cm³/mol. The van der Waals surface area contributed by atoms with Gasteiger partial charge in [-0.15, -0.1) is 0 Å². The number of ketones is 1. The second-order valence-corrected chi connectivity index (χ2v) is 3.94. The van der Waals surface area contributed by atoms with Crippen molar-refractivity contribution >= 4 is 22.8 Å². The van der Waals surface area contributed by atoms with Gasteiger partial charge in [0.2, 0.25) is 0 Å². The molecule has 1 rings (SSSR count). The van der Waals surface area contributed by atoms with Crippen LogP contribution >= 0.6 is 11.8 Å². The maximum atomic E-state index is 11.5. The molecule has 0 spiro atoms. The predicted octanol–water partition coefficient (Wildman–Crippen LogP) is 2.68. The van der Waals surface area contributed by atoms with Crippen LogP contribution in [-0.2, 0) is 4.74 Å². The van der Waals surface area contributed by atoms with Crippen LogP contribution in [0.5, 0.6) is 0 Å². The van der Waals surface area contributed by atoms with Gasteiger partial charge in [-0.3, -0.25) is 4.79 Å². The van der Waals surface area contributed by atoms with Crippen LogP contribution < -0.4 is 0 Å². The average Bonchev–Trinajstić information content (AvgIpc) is 2.26. The third kappa shape index (κ3) is 3.75. The number of hydrogen-bond acceptors (Lipinski definition) is 4. The van der Waals surface area contributed by atoms with Crippen molar-refractivity contribution in [1.29, 1.82) is 0 Å². The number of thioether (sulfide) groups is 1. The van der Waals surface area contributed by atoms with E-state index in [0.717, 1.165) is 17.3 Å². The molecule has 0 fully saturated rings. The number of methoxy groups -OCH3 is 1. The van der Waals surface area contributed by atoms with Crippen molar-refractivity contribution in [2.24, 2.45) is 0 Å². The molecule has 80 valence electrons. The zero-order valence-corrected chi connectivity index (χ0v) is 9.47. The number of ether oxygens (including phenoxy) is 1. The van der Waals surface area contributed by atoms with Gasteiger partial charge < -0.3 is 4.74 Å². The van der Waals surface area contributed by atoms with Gasteiger partial charge in [0.25, 0.3) is 0 Å². The minimum atomic E-state index is -0.435. The number of hydrogen-bond donors (Lipinski definition) is 0. The Morgan fingerprint density at radius 2 is 1.87 bits per heavy atom. The highest BCUT2D eigenvalue weighted by Gasteiger charge is 2.09. The largest absolute Gasteiger partial charge is 0.461 e. The lowest BCUT2D eigenvalue weighted by Crippen LogP contribution is -2.05. The molecule has 0 unspecified atom stereocenters. The van der Waals surface area contributed by atoms with Crippen LogP contribution in [0.4, 0.5) is 4.79 Å². The summed E-state index contributed by atoms with van der Waals surface area (Å²) < 4.78 is 4.43. The number of carbonyl (C=O) groups excluding carboxylic acids is 2. The molecule has 3 nitrogen and oxygen atoms in total. The molecule has 0 radical (unpaired) electrons. The molecule has 0 aliphatic rings. The normalized spacial score (nSPS) is 9.73. The second-order valence-electron chi connectivity index (χ2n) is 3.03. The topological polar surface area (TPSA) is 43.4 Å². The summed E-state index contributed by atoms with van der Waals surface area (Å²) in [4.78, 5) is 22.3. The van der Waals surface area contributed by atoms with Crippen molar-refractivity contribution < 1.29 is 14.3 Å². The molecule has 1 aromatic carbocycles. The van der Waals surface area contributed by atoms with Crippen LogP contribution in [0.25, 0.3) is 0 Å². The number of aryl methyl sites for hydroxylation is 1. The van der Waals surface area contributed by atoms with Gasteiger partial charge in [0.15, 0.2) is 5.78 Å². The van der Waals surface area contributed by atoms with E-state index in [4.69, 9.17) is 0 Å². The maximum absolute atomic E-state index is 11.5. The highest BCUT2D eigenvalue weighted by Crippen LogP contribution is 2.10. The molecule has 0 bridgehead atoms. The lowest BCUT2D eigenvalue weighted by atomic mass is 10.1. The summed E-state index contributed by atoms with van der Waals surface area (Å²) in [6.07, 6.45) is 0. The summed E-state index contributed by atoms with van der Waals surface area (Å²) in [6.45, 7) is 1.96. The monoisotopic (exact) mass is 224 g/mol. The average molecular weight is 224 g/mol. The van der Waals surface area contributed by atoms with Gasteiger partial charge in [0, 0.05) is 5.56 Å². The molecule has 0 aliphatic heterocycles. The third-order valence-electron chi connectivity index (χ3n) is 1.86. The van der Waals surface area contributed by atoms with Gasteiger partial charge in [0.05, 0.1) is 12.9 Å². The molecule has 4 heteroatoms. The van der Waals surface area contributed by atoms with E-state index in [0.29, 0.717) is 5.56 Å². The first-order valence-electron chi connectivity index (χ1n) is 4.44. The molecule has 0 saturated carbocycles. The second kappa shape index (κ2) is 5.56. The van der Waals surface area contributed by atoms with Crippen LogP contribution in [0, 0.1) is 6.92 Å². The molecule has 0 amide bonds. The van der Waals surface area contributed by atoms with Gasteiger partial charge in [-0.2, -0.15) is 0 Å². The summed E-state index contributed by atoms with van der Waals surface area (Å²) >= 11 is 0.873. The smallest absolute Gasteiger partial charge is 0.367 e. The molecule has 0 aliphatic carbocycles. The lowest BCUT2D eigenvalue weighted by Gasteiger charge is -2.00. The fraction of sp³-hybridized carbons (Fsp3) is 0.273. The Morgan fingerprint density at radius 1 is 1.27 bits per heavy atom. The van der Waals surface area contributed by atoms with E-state index in [9.17, 15) is 9.59 Å². The Balaban J connectivity index is 2.54. The van der Waals surface area contributed by atoms with Crippen molar-refractivity contribution in [2.45, 2.75) is 6.92 Å². The third-order valence-corrected chi connectivity index (χ3v) is 2.67. The maximum Gasteiger partial charge on any atom is 0.367 e. The highest BCUT2D eigenvalue weighted by atomic mass is 32.2. The van der Waals surface area contributed by atoms with Crippen LogP contribution in [0.1, 0.15) is 15.9 Å². The number of benzene rings is 1. The lowest BCUT2D eigenvalue weighted by molar-refractivity contribution is 0.102. The van der Waals surface area contributed by atoms with Crippen molar-refractivity contribution in [3.63, 3.8) is 0 Å². The van der Waals surface area contributed by atoms with Crippen molar-refractivity contribution in [3.05, 3.63) is 35.4 Å². The first-order chi connectivity index (χ1) is 7.13. The van der Waals surface area contributed by atoms with E-state index < -0.39 is 5.30 Å². The fourth-order valence-corrected chi connectivity index (χ4v) is 1.54. The Morgan fingerprint density at radius 3 is 2.40 bits per heavy atom. The van der Waals surface area contributed by atoms with Crippen molar-refractivity contribution in [2.75, 3.05) is 12.9 Å². The van der Waals surface area contributed by atoms with E-state index in [-0.39, 0.29) is 11.5 Å². The highest BCUT2D eigenvalue weighted by molar-refractivity contribution is 8.13. The molecule has 0 heterocycles. The SMILES string of the molecule is COC(=O)SCC(=O)c1ccc(C)cc1. The molecule has 15 heavy (non-hydrogen) atoms. The number of rotatable bonds is 3. The summed E-state index contributed by atoms with van der Waals surface area (Å²) in [5.74, 6) is 0.0563. The Hall–Kier alpha value is -1.29. The minimum absolute atomic E-state index is 0.0644. The van der Waals surface area contributed by atoms with Gasteiger partial charge in [-0.05, 0) is 18.7 Å². The van der Waals surface area contributed by atoms with Crippen LogP contribution in [-0.4, -0.2) is 23.9 Å². The fourth-order valence-electron chi connectivity index (χ4n) is 1.01. The molecule has 0 saturated heterocycles. The Labute approximate surface area is 92.8 Å². The first-order valence-corrected chi connectivity index (χ1v) is 5.42. The quantitative estimate of drug-likeness (QED) is 0.585. The molecular weight excluding hydrogens is 212 g/mol. The first kappa shape index (κ1) is 11.8. The van der Waals surface area contributed by atoms with E-state index in [1.54, 1.807) is 12.1 Å².